The summed E-state index contributed by atoms with van der Waals surface area (Å²) in [6.45, 7) is 16.6. The SMILES string of the molecule is CCCCCCC[N+](CC)(CC)CC(C)=C(C)Cc1ccc(Cl)cc1.[Cl-]. The summed E-state index contributed by atoms with van der Waals surface area (Å²) in [7, 11) is 0. The minimum Gasteiger partial charge on any atom is -1.00 e. The van der Waals surface area contributed by atoms with Crippen LogP contribution in [0.3, 0.4) is 0 Å². The molecule has 0 heterocycles. The normalized spacial score (nSPS) is 12.5. The Balaban J connectivity index is 0.00000625. The number of halogens is 2. The Morgan fingerprint density at radius 1 is 0.846 bits per heavy atom. The molecule has 0 aliphatic rings. The molecule has 0 N–H and O–H groups in total. The van der Waals surface area contributed by atoms with Crippen LogP contribution in [0.25, 0.3) is 0 Å². The fourth-order valence-electron chi connectivity index (χ4n) is 3.59. The van der Waals surface area contributed by atoms with Crippen molar-refractivity contribution < 1.29 is 16.9 Å². The minimum atomic E-state index is 0. The predicted octanol–water partition coefficient (Wildman–Crippen LogP) is 4.05. The quantitative estimate of drug-likeness (QED) is 0.282. The maximum absolute atomic E-state index is 6.00. The molecule has 150 valence electrons. The summed E-state index contributed by atoms with van der Waals surface area (Å²) >= 11 is 6.00. The summed E-state index contributed by atoms with van der Waals surface area (Å²) in [6, 6.07) is 8.28. The van der Waals surface area contributed by atoms with Gasteiger partial charge in [-0.2, -0.15) is 0 Å². The first kappa shape index (κ1) is 25.5. The van der Waals surface area contributed by atoms with E-state index < -0.39 is 0 Å². The smallest absolute Gasteiger partial charge is 0.100 e. The number of rotatable bonds is 12. The molecule has 0 aliphatic carbocycles. The van der Waals surface area contributed by atoms with Crippen molar-refractivity contribution in [3.05, 3.63) is 46.0 Å². The Bertz CT molecular complexity index is 516. The van der Waals surface area contributed by atoms with Crippen LogP contribution in [-0.4, -0.2) is 30.7 Å². The van der Waals surface area contributed by atoms with Gasteiger partial charge in [0.1, 0.15) is 6.54 Å². The summed E-state index contributed by atoms with van der Waals surface area (Å²) < 4.78 is 1.23. The van der Waals surface area contributed by atoms with Gasteiger partial charge in [0.05, 0.1) is 19.6 Å². The second-order valence-electron chi connectivity index (χ2n) is 7.63. The molecule has 0 fully saturated rings. The van der Waals surface area contributed by atoms with E-state index in [1.54, 1.807) is 5.57 Å². The van der Waals surface area contributed by atoms with E-state index in [1.165, 1.54) is 73.9 Å². The summed E-state index contributed by atoms with van der Waals surface area (Å²) in [5.74, 6) is 0. The molecule has 1 rings (SSSR count). The average molecular weight is 400 g/mol. The van der Waals surface area contributed by atoms with Gasteiger partial charge in [0.2, 0.25) is 0 Å². The molecule has 0 bridgehead atoms. The summed E-state index contributed by atoms with van der Waals surface area (Å²) in [5, 5.41) is 0.817. The van der Waals surface area contributed by atoms with Crippen molar-refractivity contribution in [2.75, 3.05) is 26.2 Å². The van der Waals surface area contributed by atoms with Gasteiger partial charge >= 0.3 is 0 Å². The molecule has 3 heteroatoms. The molecule has 0 atom stereocenters. The summed E-state index contributed by atoms with van der Waals surface area (Å²) in [5.41, 5.74) is 4.43. The molecule has 26 heavy (non-hydrogen) atoms. The largest absolute Gasteiger partial charge is 1.00 e. The van der Waals surface area contributed by atoms with E-state index in [0.29, 0.717) is 0 Å². The molecule has 0 unspecified atom stereocenters. The number of allylic oxidation sites excluding steroid dienone is 1. The molecule has 0 aromatic heterocycles. The first-order chi connectivity index (χ1) is 12.0. The van der Waals surface area contributed by atoms with E-state index in [9.17, 15) is 0 Å². The van der Waals surface area contributed by atoms with Crippen LogP contribution in [0.15, 0.2) is 35.4 Å². The maximum atomic E-state index is 6.00. The molecular weight excluding hydrogens is 361 g/mol. The van der Waals surface area contributed by atoms with Gasteiger partial charge in [0.15, 0.2) is 0 Å². The topological polar surface area (TPSA) is 0 Å². The van der Waals surface area contributed by atoms with Gasteiger partial charge < -0.3 is 16.9 Å². The van der Waals surface area contributed by atoms with Crippen LogP contribution in [0.2, 0.25) is 5.02 Å². The zero-order valence-electron chi connectivity index (χ0n) is 17.6. The Hall–Kier alpha value is -0.500. The van der Waals surface area contributed by atoms with Crippen LogP contribution in [0.1, 0.15) is 72.3 Å². The van der Waals surface area contributed by atoms with Gasteiger partial charge in [-0.1, -0.05) is 55.5 Å². The highest BCUT2D eigenvalue weighted by Gasteiger charge is 2.23. The standard InChI is InChI=1S/C23H39ClN.ClH/c1-6-9-10-11-12-17-25(7-2,8-3)19-21(5)20(4)18-22-13-15-23(24)16-14-22;/h13-16H,6-12,17-19H2,1-5H3;1H/q+1;/p-1. The van der Waals surface area contributed by atoms with E-state index in [2.05, 4.69) is 46.8 Å². The molecule has 0 radical (unpaired) electrons. The molecular formula is C23H39Cl2N. The van der Waals surface area contributed by atoms with Crippen molar-refractivity contribution in [2.24, 2.45) is 0 Å². The fraction of sp³-hybridized carbons (Fsp3) is 0.652. The Labute approximate surface area is 173 Å². The number of nitrogens with zero attached hydrogens (tertiary/aromatic N) is 1. The second kappa shape index (κ2) is 13.6. The van der Waals surface area contributed by atoms with Crippen LogP contribution < -0.4 is 12.4 Å². The van der Waals surface area contributed by atoms with E-state index in [4.69, 9.17) is 11.6 Å². The number of benzene rings is 1. The number of hydrogen-bond donors (Lipinski definition) is 0. The minimum absolute atomic E-state index is 0. The van der Waals surface area contributed by atoms with E-state index >= 15 is 0 Å². The Kier molecular flexibility index (Phi) is 13.4. The first-order valence-electron chi connectivity index (χ1n) is 10.2. The third-order valence-electron chi connectivity index (χ3n) is 5.76. The van der Waals surface area contributed by atoms with Gasteiger partial charge in [0, 0.05) is 5.02 Å². The lowest BCUT2D eigenvalue weighted by atomic mass is 10.0. The first-order valence-corrected chi connectivity index (χ1v) is 10.6. The highest BCUT2D eigenvalue weighted by molar-refractivity contribution is 6.30. The number of likely N-dealkylation sites (N-methyl/N-ethyl adjacent to an activating group) is 1. The molecule has 0 amide bonds. The molecule has 1 aromatic carbocycles. The maximum Gasteiger partial charge on any atom is 0.100 e. The molecule has 1 nitrogen and oxygen atoms in total. The summed E-state index contributed by atoms with van der Waals surface area (Å²) in [6.07, 6.45) is 7.90. The average Bonchev–Trinajstić information content (AvgIpc) is 2.62. The lowest BCUT2D eigenvalue weighted by Crippen LogP contribution is -3.00. The zero-order chi connectivity index (χ0) is 18.7. The van der Waals surface area contributed by atoms with Crippen LogP contribution in [0.4, 0.5) is 0 Å². The van der Waals surface area contributed by atoms with Crippen molar-refractivity contribution >= 4 is 11.6 Å². The highest BCUT2D eigenvalue weighted by Crippen LogP contribution is 2.19. The van der Waals surface area contributed by atoms with Crippen LogP contribution in [0, 0.1) is 0 Å². The third kappa shape index (κ3) is 8.93. The molecule has 1 aromatic rings. The second-order valence-corrected chi connectivity index (χ2v) is 8.07. The predicted molar refractivity (Wildman–Crippen MR) is 113 cm³/mol. The zero-order valence-corrected chi connectivity index (χ0v) is 19.1. The molecule has 0 spiro atoms. The lowest BCUT2D eigenvalue weighted by Gasteiger charge is -2.38. The third-order valence-corrected chi connectivity index (χ3v) is 6.01. The van der Waals surface area contributed by atoms with Crippen molar-refractivity contribution in [2.45, 2.75) is 73.1 Å². The van der Waals surface area contributed by atoms with Crippen LogP contribution in [0.5, 0.6) is 0 Å². The number of hydrogen-bond acceptors (Lipinski definition) is 0. The van der Waals surface area contributed by atoms with Gasteiger partial charge in [-0.15, -0.1) is 0 Å². The van der Waals surface area contributed by atoms with Crippen molar-refractivity contribution in [3.63, 3.8) is 0 Å². The Morgan fingerprint density at radius 3 is 1.96 bits per heavy atom. The van der Waals surface area contributed by atoms with E-state index in [-0.39, 0.29) is 12.4 Å². The number of unbranched alkanes of at least 4 members (excludes halogenated alkanes) is 4. The van der Waals surface area contributed by atoms with Crippen LogP contribution in [-0.2, 0) is 6.42 Å². The molecule has 0 saturated carbocycles. The van der Waals surface area contributed by atoms with E-state index in [0.717, 1.165) is 11.4 Å². The lowest BCUT2D eigenvalue weighted by molar-refractivity contribution is -0.920. The van der Waals surface area contributed by atoms with Crippen molar-refractivity contribution in [1.29, 1.82) is 0 Å². The molecule has 0 aliphatic heterocycles. The van der Waals surface area contributed by atoms with Gasteiger partial charge in [-0.25, -0.2) is 0 Å². The monoisotopic (exact) mass is 399 g/mol. The van der Waals surface area contributed by atoms with Gasteiger partial charge in [-0.05, 0) is 70.2 Å². The van der Waals surface area contributed by atoms with Crippen molar-refractivity contribution in [1.82, 2.24) is 0 Å². The fourth-order valence-corrected chi connectivity index (χ4v) is 3.72. The van der Waals surface area contributed by atoms with Gasteiger partial charge in [0.25, 0.3) is 0 Å². The summed E-state index contributed by atoms with van der Waals surface area (Å²) in [4.78, 5) is 0. The highest BCUT2D eigenvalue weighted by atomic mass is 35.5. The Morgan fingerprint density at radius 2 is 1.42 bits per heavy atom. The van der Waals surface area contributed by atoms with E-state index in [1.807, 2.05) is 12.1 Å². The molecule has 0 saturated heterocycles. The van der Waals surface area contributed by atoms with Crippen molar-refractivity contribution in [3.8, 4) is 0 Å². The van der Waals surface area contributed by atoms with Crippen LogP contribution >= 0.6 is 11.6 Å². The number of quaternary nitrogens is 1. The van der Waals surface area contributed by atoms with Gasteiger partial charge in [-0.3, -0.25) is 0 Å².